The summed E-state index contributed by atoms with van der Waals surface area (Å²) < 4.78 is 4.88. The van der Waals surface area contributed by atoms with Crippen LogP contribution in [0.15, 0.2) is 18.2 Å². The number of nitriles is 1. The van der Waals surface area contributed by atoms with E-state index in [4.69, 9.17) is 10.00 Å². The lowest BCUT2D eigenvalue weighted by Crippen LogP contribution is -1.96. The number of hydrogen-bond acceptors (Lipinski definition) is 4. The van der Waals surface area contributed by atoms with Crippen molar-refractivity contribution in [3.05, 3.63) is 23.8 Å². The maximum absolute atomic E-state index is 9.47. The fraction of sp³-hybridized carbons (Fsp3) is 0.300. The summed E-state index contributed by atoms with van der Waals surface area (Å²) in [6.45, 7) is 0. The Balaban J connectivity index is 2.94. The predicted octanol–water partition coefficient (Wildman–Crippen LogP) is 1.35. The summed E-state index contributed by atoms with van der Waals surface area (Å²) in [5, 5.41) is 27.3. The van der Waals surface area contributed by atoms with Crippen LogP contribution in [0.5, 0.6) is 11.5 Å². The first-order chi connectivity index (χ1) is 6.69. The topological polar surface area (TPSA) is 73.5 Å². The molecule has 0 saturated heterocycles. The molecule has 0 saturated carbocycles. The molecule has 0 bridgehead atoms. The molecule has 1 rings (SSSR count). The van der Waals surface area contributed by atoms with Gasteiger partial charge in [-0.25, -0.2) is 0 Å². The molecule has 0 radical (unpaired) electrons. The molecule has 0 aliphatic carbocycles. The minimum Gasteiger partial charge on any atom is -0.507 e. The van der Waals surface area contributed by atoms with Gasteiger partial charge >= 0.3 is 0 Å². The summed E-state index contributed by atoms with van der Waals surface area (Å²) in [6, 6.07) is 6.39. The van der Waals surface area contributed by atoms with E-state index in [1.54, 1.807) is 6.07 Å². The van der Waals surface area contributed by atoms with Gasteiger partial charge in [0.15, 0.2) is 0 Å². The quantitative estimate of drug-likeness (QED) is 0.759. The van der Waals surface area contributed by atoms with Crippen molar-refractivity contribution < 1.29 is 14.9 Å². The third-order valence-corrected chi connectivity index (χ3v) is 1.88. The maximum Gasteiger partial charge on any atom is 0.125 e. The Kier molecular flexibility index (Phi) is 3.32. The van der Waals surface area contributed by atoms with Crippen molar-refractivity contribution in [2.24, 2.45) is 0 Å². The van der Waals surface area contributed by atoms with Gasteiger partial charge < -0.3 is 14.9 Å². The lowest BCUT2D eigenvalue weighted by molar-refractivity contribution is 0.179. The first-order valence-electron chi connectivity index (χ1n) is 4.11. The fourth-order valence-electron chi connectivity index (χ4n) is 1.13. The Bertz CT molecular complexity index is 357. The van der Waals surface area contributed by atoms with Crippen LogP contribution in [0.2, 0.25) is 0 Å². The second-order valence-corrected chi connectivity index (χ2v) is 2.80. The Morgan fingerprint density at radius 1 is 1.57 bits per heavy atom. The van der Waals surface area contributed by atoms with Crippen molar-refractivity contribution in [3.8, 4) is 17.6 Å². The highest BCUT2D eigenvalue weighted by molar-refractivity contribution is 5.41. The van der Waals surface area contributed by atoms with Crippen LogP contribution < -0.4 is 4.74 Å². The van der Waals surface area contributed by atoms with E-state index in [9.17, 15) is 10.2 Å². The first kappa shape index (κ1) is 10.4. The van der Waals surface area contributed by atoms with E-state index in [-0.39, 0.29) is 12.2 Å². The highest BCUT2D eigenvalue weighted by atomic mass is 16.5. The number of phenols is 1. The molecule has 0 spiro atoms. The zero-order valence-electron chi connectivity index (χ0n) is 7.77. The number of phenolic OH excluding ortho intramolecular Hbond substituents is 1. The molecule has 14 heavy (non-hydrogen) atoms. The zero-order valence-corrected chi connectivity index (χ0v) is 7.77. The number of rotatable bonds is 3. The van der Waals surface area contributed by atoms with Crippen molar-refractivity contribution in [3.63, 3.8) is 0 Å². The van der Waals surface area contributed by atoms with Gasteiger partial charge in [0.05, 0.1) is 25.7 Å². The summed E-state index contributed by atoms with van der Waals surface area (Å²) in [7, 11) is 1.49. The van der Waals surface area contributed by atoms with Crippen LogP contribution in [0.25, 0.3) is 0 Å². The van der Waals surface area contributed by atoms with E-state index >= 15 is 0 Å². The molecule has 2 N–H and O–H groups in total. The molecule has 74 valence electrons. The second-order valence-electron chi connectivity index (χ2n) is 2.80. The molecule has 0 amide bonds. The van der Waals surface area contributed by atoms with Crippen molar-refractivity contribution >= 4 is 0 Å². The fourth-order valence-corrected chi connectivity index (χ4v) is 1.13. The number of methoxy groups -OCH3 is 1. The number of hydrogen-bond donors (Lipinski definition) is 2. The van der Waals surface area contributed by atoms with Gasteiger partial charge in [-0.15, -0.1) is 0 Å². The van der Waals surface area contributed by atoms with Crippen LogP contribution in [0.1, 0.15) is 18.1 Å². The van der Waals surface area contributed by atoms with E-state index in [2.05, 4.69) is 0 Å². The molecule has 1 unspecified atom stereocenters. The van der Waals surface area contributed by atoms with E-state index in [1.807, 2.05) is 6.07 Å². The molecule has 4 heteroatoms. The van der Waals surface area contributed by atoms with Crippen LogP contribution in [0.4, 0.5) is 0 Å². The van der Waals surface area contributed by atoms with E-state index < -0.39 is 6.10 Å². The number of benzene rings is 1. The standard InChI is InChI=1S/C10H11NO3/c1-14-7-2-3-8(10(13)6-7)9(12)4-5-11/h2-3,6,9,12-13H,4H2,1H3. The molecule has 0 fully saturated rings. The van der Waals surface area contributed by atoms with Gasteiger partial charge in [-0.05, 0) is 12.1 Å². The third kappa shape index (κ3) is 2.15. The second kappa shape index (κ2) is 4.49. The van der Waals surface area contributed by atoms with Gasteiger partial charge in [0, 0.05) is 11.6 Å². The van der Waals surface area contributed by atoms with Crippen LogP contribution in [-0.2, 0) is 0 Å². The minimum absolute atomic E-state index is 0.0418. The van der Waals surface area contributed by atoms with Gasteiger partial charge in [-0.2, -0.15) is 5.26 Å². The minimum atomic E-state index is -0.953. The van der Waals surface area contributed by atoms with Gasteiger partial charge in [0.1, 0.15) is 11.5 Å². The van der Waals surface area contributed by atoms with Gasteiger partial charge in [-0.3, -0.25) is 0 Å². The number of nitrogens with zero attached hydrogens (tertiary/aromatic N) is 1. The SMILES string of the molecule is COc1ccc(C(O)CC#N)c(O)c1. The monoisotopic (exact) mass is 193 g/mol. The van der Waals surface area contributed by atoms with E-state index in [0.29, 0.717) is 11.3 Å². The highest BCUT2D eigenvalue weighted by Gasteiger charge is 2.12. The summed E-state index contributed by atoms with van der Waals surface area (Å²) in [4.78, 5) is 0. The Hall–Kier alpha value is -1.73. The molecule has 1 aromatic carbocycles. The number of aliphatic hydroxyl groups is 1. The average Bonchev–Trinajstić information content (AvgIpc) is 2.17. The molecular weight excluding hydrogens is 182 g/mol. The Morgan fingerprint density at radius 3 is 2.79 bits per heavy atom. The van der Waals surface area contributed by atoms with E-state index in [1.165, 1.54) is 19.2 Å². The molecule has 0 aliphatic rings. The zero-order chi connectivity index (χ0) is 10.6. The van der Waals surface area contributed by atoms with Crippen LogP contribution in [0.3, 0.4) is 0 Å². The van der Waals surface area contributed by atoms with Crippen LogP contribution >= 0.6 is 0 Å². The van der Waals surface area contributed by atoms with Crippen LogP contribution in [-0.4, -0.2) is 17.3 Å². The lowest BCUT2D eigenvalue weighted by Gasteiger charge is -2.10. The van der Waals surface area contributed by atoms with Crippen molar-refractivity contribution in [2.45, 2.75) is 12.5 Å². The van der Waals surface area contributed by atoms with Gasteiger partial charge in [0.25, 0.3) is 0 Å². The molecule has 4 nitrogen and oxygen atoms in total. The largest absolute Gasteiger partial charge is 0.507 e. The Labute approximate surface area is 82.0 Å². The lowest BCUT2D eigenvalue weighted by atomic mass is 10.1. The number of aromatic hydroxyl groups is 1. The average molecular weight is 193 g/mol. The van der Waals surface area contributed by atoms with E-state index in [0.717, 1.165) is 0 Å². The smallest absolute Gasteiger partial charge is 0.125 e. The summed E-state index contributed by atoms with van der Waals surface area (Å²) in [5.41, 5.74) is 0.340. The molecule has 0 aliphatic heterocycles. The third-order valence-electron chi connectivity index (χ3n) is 1.88. The normalized spacial score (nSPS) is 11.8. The molecular formula is C10H11NO3. The van der Waals surface area contributed by atoms with Crippen molar-refractivity contribution in [1.29, 1.82) is 5.26 Å². The predicted molar refractivity (Wildman–Crippen MR) is 49.8 cm³/mol. The van der Waals surface area contributed by atoms with Gasteiger partial charge in [-0.1, -0.05) is 0 Å². The Morgan fingerprint density at radius 2 is 2.29 bits per heavy atom. The highest BCUT2D eigenvalue weighted by Crippen LogP contribution is 2.29. The molecule has 0 aromatic heterocycles. The number of aliphatic hydroxyl groups excluding tert-OH is 1. The molecule has 1 aromatic rings. The maximum atomic E-state index is 9.47. The van der Waals surface area contributed by atoms with Gasteiger partial charge in [0.2, 0.25) is 0 Å². The molecule has 0 heterocycles. The van der Waals surface area contributed by atoms with Crippen molar-refractivity contribution in [1.82, 2.24) is 0 Å². The summed E-state index contributed by atoms with van der Waals surface area (Å²) in [6.07, 6.45) is -0.995. The summed E-state index contributed by atoms with van der Waals surface area (Å²) >= 11 is 0. The first-order valence-corrected chi connectivity index (χ1v) is 4.11. The van der Waals surface area contributed by atoms with Crippen LogP contribution in [0, 0.1) is 11.3 Å². The summed E-state index contributed by atoms with van der Waals surface area (Å²) in [5.74, 6) is 0.447. The number of ether oxygens (including phenoxy) is 1. The molecule has 1 atom stereocenters. The van der Waals surface area contributed by atoms with Crippen molar-refractivity contribution in [2.75, 3.05) is 7.11 Å².